The maximum Gasteiger partial charge on any atom is 0.253 e. The van der Waals surface area contributed by atoms with Gasteiger partial charge in [-0.3, -0.25) is 4.79 Å². The second-order valence-electron chi connectivity index (χ2n) is 5.46. The first-order valence-electron chi connectivity index (χ1n) is 6.78. The van der Waals surface area contributed by atoms with Crippen LogP contribution in [0.1, 0.15) is 27.2 Å². The molecule has 0 spiro atoms. The van der Waals surface area contributed by atoms with E-state index < -0.39 is 17.8 Å². The summed E-state index contributed by atoms with van der Waals surface area (Å²) >= 11 is 0. The summed E-state index contributed by atoms with van der Waals surface area (Å²) in [7, 11) is 1.62. The number of carbonyl (C=O) groups is 1. The Bertz CT molecular complexity index is 492. The maximum atomic E-state index is 13.5. The van der Waals surface area contributed by atoms with Crippen molar-refractivity contribution in [3.05, 3.63) is 24.0 Å². The highest BCUT2D eigenvalue weighted by Crippen LogP contribution is 2.18. The van der Waals surface area contributed by atoms with Gasteiger partial charge in [0.2, 0.25) is 0 Å². The Labute approximate surface area is 124 Å². The Morgan fingerprint density at radius 2 is 2.14 bits per heavy atom. The third kappa shape index (κ3) is 5.69. The number of ether oxygens (including phenoxy) is 2. The Morgan fingerprint density at radius 1 is 1.48 bits per heavy atom. The summed E-state index contributed by atoms with van der Waals surface area (Å²) in [6.07, 6.45) is -0.0493. The maximum absolute atomic E-state index is 13.5. The molecule has 21 heavy (non-hydrogen) atoms. The normalized spacial score (nSPS) is 13.0. The first-order chi connectivity index (χ1) is 9.75. The predicted octanol–water partition coefficient (Wildman–Crippen LogP) is 2.57. The van der Waals surface area contributed by atoms with Gasteiger partial charge in [-0.25, -0.2) is 4.39 Å². The summed E-state index contributed by atoms with van der Waals surface area (Å²) in [5.74, 6) is -0.958. The molecule has 0 saturated heterocycles. The smallest absolute Gasteiger partial charge is 0.253 e. The SMILES string of the molecule is COC(C)(C)CCOC(C)C(=O)Nc1cc(N)ccc1F. The Morgan fingerprint density at radius 3 is 2.76 bits per heavy atom. The zero-order valence-electron chi connectivity index (χ0n) is 12.9. The molecule has 0 radical (unpaired) electrons. The van der Waals surface area contributed by atoms with Crippen molar-refractivity contribution >= 4 is 17.3 Å². The summed E-state index contributed by atoms with van der Waals surface area (Å²) < 4.78 is 24.2. The van der Waals surface area contributed by atoms with E-state index in [-0.39, 0.29) is 11.3 Å². The van der Waals surface area contributed by atoms with Gasteiger partial charge in [0.05, 0.1) is 17.9 Å². The van der Waals surface area contributed by atoms with E-state index in [1.807, 2.05) is 13.8 Å². The number of hydrogen-bond donors (Lipinski definition) is 2. The molecule has 1 rings (SSSR count). The molecule has 3 N–H and O–H groups in total. The van der Waals surface area contributed by atoms with Gasteiger partial charge in [-0.1, -0.05) is 0 Å². The highest BCUT2D eigenvalue weighted by Gasteiger charge is 2.19. The molecule has 0 aliphatic carbocycles. The van der Waals surface area contributed by atoms with Crippen LogP contribution in [0.4, 0.5) is 15.8 Å². The molecule has 0 heterocycles. The average molecular weight is 298 g/mol. The van der Waals surface area contributed by atoms with Gasteiger partial charge in [0.1, 0.15) is 11.9 Å². The molecule has 5 nitrogen and oxygen atoms in total. The first kappa shape index (κ1) is 17.4. The standard InChI is InChI=1S/C15H23FN2O3/c1-10(21-8-7-15(2,3)20-4)14(19)18-13-9-11(17)5-6-12(13)16/h5-6,9-10H,7-8,17H2,1-4H3,(H,18,19). The van der Waals surface area contributed by atoms with Crippen LogP contribution in [-0.4, -0.2) is 31.3 Å². The first-order valence-corrected chi connectivity index (χ1v) is 6.78. The summed E-state index contributed by atoms with van der Waals surface area (Å²) in [5, 5.41) is 2.46. The third-order valence-corrected chi connectivity index (χ3v) is 3.24. The van der Waals surface area contributed by atoms with Crippen molar-refractivity contribution in [1.82, 2.24) is 0 Å². The Hall–Kier alpha value is -1.66. The van der Waals surface area contributed by atoms with Gasteiger partial charge in [0.25, 0.3) is 5.91 Å². The lowest BCUT2D eigenvalue weighted by Gasteiger charge is -2.23. The number of nitrogens with one attached hydrogen (secondary N) is 1. The lowest BCUT2D eigenvalue weighted by atomic mass is 10.1. The third-order valence-electron chi connectivity index (χ3n) is 3.24. The summed E-state index contributed by atoms with van der Waals surface area (Å²) in [6, 6.07) is 4.00. The van der Waals surface area contributed by atoms with Gasteiger partial charge in [0, 0.05) is 12.8 Å². The summed E-state index contributed by atoms with van der Waals surface area (Å²) in [4.78, 5) is 11.9. The van der Waals surface area contributed by atoms with Gasteiger partial charge in [-0.05, 0) is 45.4 Å². The van der Waals surface area contributed by atoms with Crippen LogP contribution >= 0.6 is 0 Å². The number of carbonyl (C=O) groups excluding carboxylic acids is 1. The van der Waals surface area contributed by atoms with Crippen LogP contribution < -0.4 is 11.1 Å². The largest absolute Gasteiger partial charge is 0.399 e. The van der Waals surface area contributed by atoms with Crippen LogP contribution in [0.3, 0.4) is 0 Å². The highest BCUT2D eigenvalue weighted by molar-refractivity contribution is 5.94. The molecule has 1 aromatic rings. The van der Waals surface area contributed by atoms with Crippen LogP contribution in [0.5, 0.6) is 0 Å². The molecule has 0 bridgehead atoms. The molecular formula is C15H23FN2O3. The van der Waals surface area contributed by atoms with E-state index in [2.05, 4.69) is 5.32 Å². The van der Waals surface area contributed by atoms with Crippen molar-refractivity contribution in [3.8, 4) is 0 Å². The molecule has 1 atom stereocenters. The Kier molecular flexibility index (Phi) is 6.11. The minimum Gasteiger partial charge on any atom is -0.399 e. The van der Waals surface area contributed by atoms with Crippen LogP contribution in [0, 0.1) is 5.82 Å². The lowest BCUT2D eigenvalue weighted by molar-refractivity contribution is -0.127. The molecule has 1 unspecified atom stereocenters. The van der Waals surface area contributed by atoms with E-state index in [0.717, 1.165) is 0 Å². The van der Waals surface area contributed by atoms with E-state index >= 15 is 0 Å². The van der Waals surface area contributed by atoms with E-state index in [4.69, 9.17) is 15.2 Å². The van der Waals surface area contributed by atoms with Crippen LogP contribution in [0.25, 0.3) is 0 Å². The van der Waals surface area contributed by atoms with Crippen molar-refractivity contribution in [2.45, 2.75) is 38.9 Å². The number of hydrogen-bond acceptors (Lipinski definition) is 4. The highest BCUT2D eigenvalue weighted by atomic mass is 19.1. The molecule has 1 aromatic carbocycles. The number of rotatable bonds is 7. The van der Waals surface area contributed by atoms with Crippen molar-refractivity contribution in [1.29, 1.82) is 0 Å². The van der Waals surface area contributed by atoms with Gasteiger partial charge in [-0.2, -0.15) is 0 Å². The fourth-order valence-corrected chi connectivity index (χ4v) is 1.53. The number of methoxy groups -OCH3 is 1. The van der Waals surface area contributed by atoms with Gasteiger partial charge >= 0.3 is 0 Å². The average Bonchev–Trinajstić information content (AvgIpc) is 2.42. The van der Waals surface area contributed by atoms with Crippen LogP contribution in [0.15, 0.2) is 18.2 Å². The molecular weight excluding hydrogens is 275 g/mol. The molecule has 0 aliphatic heterocycles. The van der Waals surface area contributed by atoms with E-state index in [1.165, 1.54) is 18.2 Å². The molecule has 0 fully saturated rings. The second-order valence-corrected chi connectivity index (χ2v) is 5.46. The fraction of sp³-hybridized carbons (Fsp3) is 0.533. The number of anilines is 2. The molecule has 118 valence electrons. The lowest BCUT2D eigenvalue weighted by Crippen LogP contribution is -2.31. The minimum atomic E-state index is -0.696. The quantitative estimate of drug-likeness (QED) is 0.759. The topological polar surface area (TPSA) is 73.6 Å². The zero-order valence-corrected chi connectivity index (χ0v) is 12.9. The van der Waals surface area contributed by atoms with Crippen molar-refractivity contribution < 1.29 is 18.7 Å². The van der Waals surface area contributed by atoms with Crippen LogP contribution in [-0.2, 0) is 14.3 Å². The molecule has 0 saturated carbocycles. The van der Waals surface area contributed by atoms with E-state index in [0.29, 0.717) is 18.7 Å². The number of amides is 1. The zero-order chi connectivity index (χ0) is 16.0. The molecule has 0 aromatic heterocycles. The summed E-state index contributed by atoms with van der Waals surface area (Å²) in [6.45, 7) is 5.85. The predicted molar refractivity (Wildman–Crippen MR) is 80.6 cm³/mol. The summed E-state index contributed by atoms with van der Waals surface area (Å²) in [5.41, 5.74) is 5.68. The van der Waals surface area contributed by atoms with Crippen molar-refractivity contribution in [3.63, 3.8) is 0 Å². The number of nitrogens with two attached hydrogens (primary N) is 1. The minimum absolute atomic E-state index is 0.0488. The van der Waals surface area contributed by atoms with Gasteiger partial charge in [-0.15, -0.1) is 0 Å². The van der Waals surface area contributed by atoms with Crippen molar-refractivity contribution in [2.24, 2.45) is 0 Å². The number of benzene rings is 1. The van der Waals surface area contributed by atoms with E-state index in [1.54, 1.807) is 14.0 Å². The Balaban J connectivity index is 2.50. The number of nitrogen functional groups attached to an aromatic ring is 1. The van der Waals surface area contributed by atoms with E-state index in [9.17, 15) is 9.18 Å². The monoisotopic (exact) mass is 298 g/mol. The molecule has 1 amide bonds. The number of halogens is 1. The molecule has 6 heteroatoms. The van der Waals surface area contributed by atoms with Gasteiger partial charge < -0.3 is 20.5 Å². The van der Waals surface area contributed by atoms with Crippen molar-refractivity contribution in [2.75, 3.05) is 24.8 Å². The fourth-order valence-electron chi connectivity index (χ4n) is 1.53. The molecule has 0 aliphatic rings. The van der Waals surface area contributed by atoms with Crippen LogP contribution in [0.2, 0.25) is 0 Å². The second kappa shape index (κ2) is 7.38. The van der Waals surface area contributed by atoms with Gasteiger partial charge in [0.15, 0.2) is 0 Å².